The van der Waals surface area contributed by atoms with Crippen LogP contribution in [-0.2, 0) is 17.6 Å². The minimum Gasteiger partial charge on any atom is -0.480 e. The Morgan fingerprint density at radius 1 is 1.59 bits per heavy atom. The first-order chi connectivity index (χ1) is 7.95. The van der Waals surface area contributed by atoms with Crippen LogP contribution in [-0.4, -0.2) is 44.7 Å². The Morgan fingerprint density at radius 2 is 2.24 bits per heavy atom. The molecule has 0 spiro atoms. The number of hydrogen-bond acceptors (Lipinski definition) is 6. The lowest BCUT2D eigenvalue weighted by molar-refractivity contribution is -0.143. The number of carboxylic acid groups (broad SMARTS) is 1. The van der Waals surface area contributed by atoms with Gasteiger partial charge in [0.2, 0.25) is 0 Å². The SMILES string of the molecule is CCc1cc(CC(O)C(O)C(N)C(=O)O)on1. The molecule has 0 saturated carbocycles. The fourth-order valence-corrected chi connectivity index (χ4v) is 1.33. The van der Waals surface area contributed by atoms with Crippen molar-refractivity contribution in [3.8, 4) is 0 Å². The van der Waals surface area contributed by atoms with Gasteiger partial charge in [-0.2, -0.15) is 0 Å². The molecule has 1 aromatic heterocycles. The predicted octanol–water partition coefficient (Wildman–Crippen LogP) is -1.09. The Kier molecular flexibility index (Phi) is 4.62. The molecule has 0 aliphatic carbocycles. The molecule has 96 valence electrons. The van der Waals surface area contributed by atoms with Crippen LogP contribution in [0.4, 0.5) is 0 Å². The summed E-state index contributed by atoms with van der Waals surface area (Å²) >= 11 is 0. The van der Waals surface area contributed by atoms with Gasteiger partial charge in [0.1, 0.15) is 17.9 Å². The van der Waals surface area contributed by atoms with E-state index in [1.165, 1.54) is 0 Å². The smallest absolute Gasteiger partial charge is 0.323 e. The molecule has 0 aliphatic heterocycles. The third kappa shape index (κ3) is 3.52. The van der Waals surface area contributed by atoms with E-state index in [1.807, 2.05) is 6.92 Å². The zero-order valence-electron chi connectivity index (χ0n) is 9.41. The van der Waals surface area contributed by atoms with E-state index in [0.717, 1.165) is 5.69 Å². The zero-order valence-corrected chi connectivity index (χ0v) is 9.41. The predicted molar refractivity (Wildman–Crippen MR) is 57.2 cm³/mol. The molecule has 0 fully saturated rings. The number of nitrogens with two attached hydrogens (primary N) is 1. The third-order valence-corrected chi connectivity index (χ3v) is 2.43. The van der Waals surface area contributed by atoms with Gasteiger partial charge >= 0.3 is 5.97 Å². The average molecular weight is 244 g/mol. The monoisotopic (exact) mass is 244 g/mol. The first-order valence-electron chi connectivity index (χ1n) is 5.24. The quantitative estimate of drug-likeness (QED) is 0.500. The van der Waals surface area contributed by atoms with Gasteiger partial charge in [-0.05, 0) is 6.42 Å². The Bertz CT molecular complexity index is 379. The minimum absolute atomic E-state index is 0.0326. The summed E-state index contributed by atoms with van der Waals surface area (Å²) in [5.74, 6) is -0.991. The van der Waals surface area contributed by atoms with Gasteiger partial charge in [-0.1, -0.05) is 12.1 Å². The standard InChI is InChI=1S/C10H16N2O5/c1-2-5-3-6(17-12-5)4-7(13)9(14)8(11)10(15)16/h3,7-9,13-14H,2,4,11H2,1H3,(H,15,16). The number of carboxylic acids is 1. The lowest BCUT2D eigenvalue weighted by atomic mass is 10.0. The fraction of sp³-hybridized carbons (Fsp3) is 0.600. The van der Waals surface area contributed by atoms with Crippen LogP contribution in [0.2, 0.25) is 0 Å². The average Bonchev–Trinajstić information content (AvgIpc) is 2.74. The summed E-state index contributed by atoms with van der Waals surface area (Å²) in [5, 5.41) is 31.3. The summed E-state index contributed by atoms with van der Waals surface area (Å²) < 4.78 is 4.91. The number of hydrogen-bond donors (Lipinski definition) is 4. The molecular formula is C10H16N2O5. The van der Waals surface area contributed by atoms with Crippen LogP contribution < -0.4 is 5.73 Å². The second-order valence-corrected chi connectivity index (χ2v) is 3.76. The van der Waals surface area contributed by atoms with Crippen molar-refractivity contribution in [2.24, 2.45) is 5.73 Å². The summed E-state index contributed by atoms with van der Waals surface area (Å²) in [6, 6.07) is 0.112. The molecule has 17 heavy (non-hydrogen) atoms. The van der Waals surface area contributed by atoms with E-state index in [-0.39, 0.29) is 6.42 Å². The van der Waals surface area contributed by atoms with E-state index >= 15 is 0 Å². The number of nitrogens with zero attached hydrogens (tertiary/aromatic N) is 1. The molecule has 0 amide bonds. The Labute approximate surface area is 97.8 Å². The summed E-state index contributed by atoms with van der Waals surface area (Å²) in [6.07, 6.45) is -2.20. The van der Waals surface area contributed by atoms with Crippen molar-refractivity contribution in [1.29, 1.82) is 0 Å². The van der Waals surface area contributed by atoms with E-state index in [4.69, 9.17) is 15.4 Å². The van der Waals surface area contributed by atoms with Crippen molar-refractivity contribution >= 4 is 5.97 Å². The number of carbonyl (C=O) groups is 1. The molecule has 7 heteroatoms. The van der Waals surface area contributed by atoms with Gasteiger partial charge in [0.15, 0.2) is 0 Å². The van der Waals surface area contributed by atoms with Crippen LogP contribution in [0.25, 0.3) is 0 Å². The Hall–Kier alpha value is -1.44. The third-order valence-electron chi connectivity index (χ3n) is 2.43. The number of aliphatic hydroxyl groups is 2. The maximum atomic E-state index is 10.5. The molecule has 0 aromatic carbocycles. The normalized spacial score (nSPS) is 16.5. The Morgan fingerprint density at radius 3 is 2.71 bits per heavy atom. The van der Waals surface area contributed by atoms with E-state index < -0.39 is 24.2 Å². The molecule has 1 aromatic rings. The molecule has 3 atom stereocenters. The highest BCUT2D eigenvalue weighted by atomic mass is 16.5. The maximum absolute atomic E-state index is 10.5. The second-order valence-electron chi connectivity index (χ2n) is 3.76. The molecule has 5 N–H and O–H groups in total. The summed E-state index contributed by atoms with van der Waals surface area (Å²) in [6.45, 7) is 1.90. The molecule has 0 radical (unpaired) electrons. The number of aliphatic hydroxyl groups excluding tert-OH is 2. The van der Waals surface area contributed by atoms with Gasteiger partial charge in [-0.15, -0.1) is 0 Å². The van der Waals surface area contributed by atoms with Crippen molar-refractivity contribution < 1.29 is 24.6 Å². The van der Waals surface area contributed by atoms with Crippen molar-refractivity contribution in [1.82, 2.24) is 5.16 Å². The number of aromatic nitrogens is 1. The van der Waals surface area contributed by atoms with Gasteiger partial charge in [0.25, 0.3) is 0 Å². The lowest BCUT2D eigenvalue weighted by Crippen LogP contribution is -2.48. The maximum Gasteiger partial charge on any atom is 0.323 e. The van der Waals surface area contributed by atoms with Gasteiger partial charge in [0.05, 0.1) is 11.8 Å². The van der Waals surface area contributed by atoms with E-state index in [2.05, 4.69) is 5.16 Å². The van der Waals surface area contributed by atoms with Crippen LogP contribution >= 0.6 is 0 Å². The van der Waals surface area contributed by atoms with Gasteiger partial charge in [-0.3, -0.25) is 4.79 Å². The summed E-state index contributed by atoms with van der Waals surface area (Å²) in [7, 11) is 0. The van der Waals surface area contributed by atoms with Crippen molar-refractivity contribution in [2.45, 2.75) is 38.0 Å². The van der Waals surface area contributed by atoms with Crippen molar-refractivity contribution in [3.05, 3.63) is 17.5 Å². The second kappa shape index (κ2) is 5.76. The largest absolute Gasteiger partial charge is 0.480 e. The topological polar surface area (TPSA) is 130 Å². The van der Waals surface area contributed by atoms with Crippen LogP contribution in [0.3, 0.4) is 0 Å². The van der Waals surface area contributed by atoms with E-state index in [0.29, 0.717) is 12.2 Å². The first-order valence-corrected chi connectivity index (χ1v) is 5.24. The van der Waals surface area contributed by atoms with Crippen molar-refractivity contribution in [2.75, 3.05) is 0 Å². The lowest BCUT2D eigenvalue weighted by Gasteiger charge is -2.19. The highest BCUT2D eigenvalue weighted by Gasteiger charge is 2.29. The van der Waals surface area contributed by atoms with Crippen LogP contribution in [0, 0.1) is 0 Å². The molecule has 0 aliphatic rings. The highest BCUT2D eigenvalue weighted by molar-refractivity contribution is 5.74. The molecule has 3 unspecified atom stereocenters. The van der Waals surface area contributed by atoms with Crippen LogP contribution in [0.5, 0.6) is 0 Å². The van der Waals surface area contributed by atoms with Crippen LogP contribution in [0.1, 0.15) is 18.4 Å². The molecular weight excluding hydrogens is 228 g/mol. The van der Waals surface area contributed by atoms with E-state index in [9.17, 15) is 15.0 Å². The molecule has 1 heterocycles. The van der Waals surface area contributed by atoms with Crippen LogP contribution in [0.15, 0.2) is 10.6 Å². The van der Waals surface area contributed by atoms with Crippen molar-refractivity contribution in [3.63, 3.8) is 0 Å². The number of aryl methyl sites for hydroxylation is 1. The number of rotatable bonds is 6. The minimum atomic E-state index is -1.55. The van der Waals surface area contributed by atoms with E-state index in [1.54, 1.807) is 6.07 Å². The van der Waals surface area contributed by atoms with Gasteiger partial charge in [-0.25, -0.2) is 0 Å². The molecule has 0 saturated heterocycles. The molecule has 0 bridgehead atoms. The zero-order chi connectivity index (χ0) is 13.0. The van der Waals surface area contributed by atoms with Gasteiger partial charge < -0.3 is 25.6 Å². The fourth-order valence-electron chi connectivity index (χ4n) is 1.33. The summed E-state index contributed by atoms with van der Waals surface area (Å²) in [4.78, 5) is 10.5. The highest BCUT2D eigenvalue weighted by Crippen LogP contribution is 2.10. The first kappa shape index (κ1) is 13.6. The molecule has 1 rings (SSSR count). The Balaban J connectivity index is 2.59. The molecule has 7 nitrogen and oxygen atoms in total. The number of aliphatic carboxylic acids is 1. The summed E-state index contributed by atoms with van der Waals surface area (Å²) in [5.41, 5.74) is 5.92. The van der Waals surface area contributed by atoms with Gasteiger partial charge in [0, 0.05) is 12.5 Å².